The number of ether oxygens (including phenoxy) is 1. The normalized spacial score (nSPS) is 28.2. The van der Waals surface area contributed by atoms with Crippen LogP contribution in [-0.4, -0.2) is 12.0 Å². The zero-order chi connectivity index (χ0) is 4.57. The lowest BCUT2D eigenvalue weighted by molar-refractivity contribution is 0.444. The van der Waals surface area contributed by atoms with Gasteiger partial charge in [-0.25, -0.2) is 4.79 Å². The first-order chi connectivity index (χ1) is 2.84. The molecule has 0 aromatic rings. The van der Waals surface area contributed by atoms with Crippen molar-refractivity contribution < 1.29 is 9.53 Å². The summed E-state index contributed by atoms with van der Waals surface area (Å²) in [5.41, 5.74) is 0. The fourth-order valence-corrected chi connectivity index (χ4v) is 0.263. The van der Waals surface area contributed by atoms with Crippen LogP contribution in [0.3, 0.4) is 0 Å². The fourth-order valence-electron chi connectivity index (χ4n) is 0.263. The molecule has 32 valence electrons. The van der Waals surface area contributed by atoms with E-state index in [9.17, 15) is 4.79 Å². The van der Waals surface area contributed by atoms with Crippen LogP contribution in [0.1, 0.15) is 6.92 Å². The number of rotatable bonds is 0. The number of hydrogen-bond acceptors (Lipinski definition) is 2. The van der Waals surface area contributed by atoms with E-state index in [0.717, 1.165) is 0 Å². The molecule has 1 unspecified atom stereocenters. The predicted octanol–water partition coefficient (Wildman–Crippen LogP) is 0.121. The molecule has 2 heteroatoms. The zero-order valence-electron chi connectivity index (χ0n) is 3.39. The molecular weight excluding hydrogens is 80.0 g/mol. The van der Waals surface area contributed by atoms with E-state index in [1.165, 1.54) is 0 Å². The van der Waals surface area contributed by atoms with Crippen LogP contribution in [0.5, 0.6) is 0 Å². The summed E-state index contributed by atoms with van der Waals surface area (Å²) in [6.45, 7) is 1.81. The number of carbonyl (C=O) groups excluding carboxylic acids is 1. The topological polar surface area (TPSA) is 29.6 Å². The summed E-state index contributed by atoms with van der Waals surface area (Å²) in [5, 5.41) is 0. The Bertz CT molecular complexity index is 111. The Kier molecular flexibility index (Phi) is 0.490. The van der Waals surface area contributed by atoms with Gasteiger partial charge in [-0.1, -0.05) is 0 Å². The van der Waals surface area contributed by atoms with Crippen molar-refractivity contribution in [1.29, 1.82) is 0 Å². The van der Waals surface area contributed by atoms with E-state index in [-0.39, 0.29) is 6.10 Å². The summed E-state index contributed by atoms with van der Waals surface area (Å²) in [4.78, 5) is 9.49. The van der Waals surface area contributed by atoms with Crippen LogP contribution in [0.4, 0.5) is 0 Å². The molecule has 0 aromatic carbocycles. The smallest absolute Gasteiger partial charge is 0.221 e. The van der Waals surface area contributed by atoms with Crippen LogP contribution < -0.4 is 0 Å². The number of epoxide rings is 1. The van der Waals surface area contributed by atoms with E-state index in [1.54, 1.807) is 12.9 Å². The Morgan fingerprint density at radius 2 is 2.50 bits per heavy atom. The van der Waals surface area contributed by atoms with Gasteiger partial charge in [-0.2, -0.15) is 0 Å². The van der Waals surface area contributed by atoms with E-state index < -0.39 is 0 Å². The summed E-state index contributed by atoms with van der Waals surface area (Å²) in [6.07, 6.45) is 0.0579. The first-order valence-corrected chi connectivity index (χ1v) is 1.76. The SMILES string of the molecule is CC1OC1=C=O. The third kappa shape index (κ3) is 0.313. The molecule has 1 heterocycles. The van der Waals surface area contributed by atoms with Crippen LogP contribution in [0.15, 0.2) is 5.76 Å². The third-order valence-corrected chi connectivity index (χ3v) is 0.716. The van der Waals surface area contributed by atoms with E-state index in [2.05, 4.69) is 4.74 Å². The Labute approximate surface area is 35.4 Å². The van der Waals surface area contributed by atoms with E-state index in [4.69, 9.17) is 0 Å². The van der Waals surface area contributed by atoms with Gasteiger partial charge in [-0.3, -0.25) is 0 Å². The van der Waals surface area contributed by atoms with Gasteiger partial charge >= 0.3 is 0 Å². The summed E-state index contributed by atoms with van der Waals surface area (Å²) >= 11 is 0. The predicted molar refractivity (Wildman–Crippen MR) is 19.8 cm³/mol. The monoisotopic (exact) mass is 84.0 g/mol. The summed E-state index contributed by atoms with van der Waals surface area (Å²) < 4.78 is 4.56. The van der Waals surface area contributed by atoms with Crippen molar-refractivity contribution in [3.05, 3.63) is 5.76 Å². The van der Waals surface area contributed by atoms with Gasteiger partial charge < -0.3 is 4.74 Å². The second kappa shape index (κ2) is 0.854. The van der Waals surface area contributed by atoms with Gasteiger partial charge in [0.05, 0.1) is 0 Å². The minimum atomic E-state index is 0.0579. The maximum Gasteiger partial charge on any atom is 0.221 e. The molecule has 1 atom stereocenters. The van der Waals surface area contributed by atoms with Gasteiger partial charge in [0.25, 0.3) is 0 Å². The highest BCUT2D eigenvalue weighted by Crippen LogP contribution is 2.21. The van der Waals surface area contributed by atoms with Crippen molar-refractivity contribution in [2.75, 3.05) is 0 Å². The molecule has 0 aliphatic carbocycles. The van der Waals surface area contributed by atoms with Crippen LogP contribution in [-0.2, 0) is 9.53 Å². The Balaban J connectivity index is 2.67. The second-order valence-electron chi connectivity index (χ2n) is 1.23. The highest BCUT2D eigenvalue weighted by molar-refractivity contribution is 5.55. The molecule has 1 aliphatic heterocycles. The van der Waals surface area contributed by atoms with Crippen LogP contribution >= 0.6 is 0 Å². The Morgan fingerprint density at radius 1 is 2.00 bits per heavy atom. The van der Waals surface area contributed by atoms with Gasteiger partial charge in [-0.05, 0) is 6.92 Å². The largest absolute Gasteiger partial charge is 0.472 e. The molecule has 0 amide bonds. The quantitative estimate of drug-likeness (QED) is 0.308. The fraction of sp³-hybridized carbons (Fsp3) is 0.500. The minimum absolute atomic E-state index is 0.0579. The molecule has 0 bridgehead atoms. The van der Waals surface area contributed by atoms with Gasteiger partial charge in [0.1, 0.15) is 0 Å². The lowest BCUT2D eigenvalue weighted by atomic mass is 10.5. The van der Waals surface area contributed by atoms with Crippen LogP contribution in [0.2, 0.25) is 0 Å². The summed E-state index contributed by atoms with van der Waals surface area (Å²) in [5.74, 6) is 2.09. The van der Waals surface area contributed by atoms with Crippen molar-refractivity contribution in [3.63, 3.8) is 0 Å². The molecule has 0 saturated carbocycles. The van der Waals surface area contributed by atoms with Crippen molar-refractivity contribution >= 4 is 5.94 Å². The first kappa shape index (κ1) is 3.44. The van der Waals surface area contributed by atoms with Crippen LogP contribution in [0.25, 0.3) is 0 Å². The molecule has 6 heavy (non-hydrogen) atoms. The lowest BCUT2D eigenvalue weighted by Crippen LogP contribution is -1.62. The van der Waals surface area contributed by atoms with E-state index in [1.807, 2.05) is 0 Å². The van der Waals surface area contributed by atoms with Crippen molar-refractivity contribution in [2.45, 2.75) is 13.0 Å². The average Bonchev–Trinajstić information content (AvgIpc) is 2.19. The minimum Gasteiger partial charge on any atom is -0.472 e. The molecule has 1 rings (SSSR count). The molecule has 1 fully saturated rings. The Hall–Kier alpha value is -0.750. The van der Waals surface area contributed by atoms with Crippen molar-refractivity contribution in [2.24, 2.45) is 0 Å². The lowest BCUT2D eigenvalue weighted by Gasteiger charge is -1.49. The molecule has 0 spiro atoms. The van der Waals surface area contributed by atoms with Crippen LogP contribution in [0, 0.1) is 0 Å². The summed E-state index contributed by atoms with van der Waals surface area (Å²) in [7, 11) is 0. The highest BCUT2D eigenvalue weighted by Gasteiger charge is 2.27. The van der Waals surface area contributed by atoms with E-state index in [0.29, 0.717) is 5.76 Å². The molecular formula is C4H4O2. The average molecular weight is 84.1 g/mol. The molecule has 1 saturated heterocycles. The maximum absolute atomic E-state index is 9.49. The third-order valence-electron chi connectivity index (χ3n) is 0.716. The molecule has 0 radical (unpaired) electrons. The van der Waals surface area contributed by atoms with Gasteiger partial charge in [0.15, 0.2) is 12.0 Å². The van der Waals surface area contributed by atoms with Gasteiger partial charge in [0, 0.05) is 0 Å². The van der Waals surface area contributed by atoms with Gasteiger partial charge in [0.2, 0.25) is 5.76 Å². The standard InChI is InChI=1S/C4H4O2/c1-3-4(2-5)6-3/h3H,1H3. The molecule has 0 N–H and O–H groups in total. The van der Waals surface area contributed by atoms with Gasteiger partial charge in [-0.15, -0.1) is 0 Å². The maximum atomic E-state index is 9.49. The molecule has 0 aromatic heterocycles. The number of hydrogen-bond donors (Lipinski definition) is 0. The van der Waals surface area contributed by atoms with Crippen molar-refractivity contribution in [3.8, 4) is 0 Å². The Morgan fingerprint density at radius 3 is 2.50 bits per heavy atom. The summed E-state index contributed by atoms with van der Waals surface area (Å²) in [6, 6.07) is 0. The molecule has 2 nitrogen and oxygen atoms in total. The first-order valence-electron chi connectivity index (χ1n) is 1.76. The van der Waals surface area contributed by atoms with Crippen molar-refractivity contribution in [1.82, 2.24) is 0 Å². The van der Waals surface area contributed by atoms with E-state index >= 15 is 0 Å². The zero-order valence-corrected chi connectivity index (χ0v) is 3.39. The highest BCUT2D eigenvalue weighted by atomic mass is 16.6. The molecule has 1 aliphatic rings. The second-order valence-corrected chi connectivity index (χ2v) is 1.23.